The molecule has 0 bridgehead atoms. The molecule has 32 heavy (non-hydrogen) atoms. The van der Waals surface area contributed by atoms with E-state index in [9.17, 15) is 14.7 Å². The number of methoxy groups -OCH3 is 1. The van der Waals surface area contributed by atoms with Crippen molar-refractivity contribution < 1.29 is 19.4 Å². The SMILES string of the molecule is COc1cccc(C(=O)N2CC=C3C(C)(C)C(c4ccc(C(=O)O)cc4)=CC[C@]3(C)C2)c1. The molecule has 1 atom stereocenters. The van der Waals surface area contributed by atoms with Gasteiger partial charge in [-0.2, -0.15) is 0 Å². The molecule has 2 aliphatic rings. The van der Waals surface area contributed by atoms with Gasteiger partial charge in [-0.15, -0.1) is 0 Å². The first-order chi connectivity index (χ1) is 15.2. The average molecular weight is 432 g/mol. The molecule has 0 fully saturated rings. The maximum Gasteiger partial charge on any atom is 0.335 e. The van der Waals surface area contributed by atoms with E-state index < -0.39 is 5.97 Å². The maximum absolute atomic E-state index is 13.2. The van der Waals surface area contributed by atoms with Gasteiger partial charge in [-0.05, 0) is 47.9 Å². The molecule has 1 N–H and O–H groups in total. The van der Waals surface area contributed by atoms with E-state index in [1.165, 1.54) is 11.1 Å². The van der Waals surface area contributed by atoms with Crippen molar-refractivity contribution in [3.8, 4) is 5.75 Å². The van der Waals surface area contributed by atoms with Crippen LogP contribution < -0.4 is 4.74 Å². The molecule has 0 radical (unpaired) electrons. The molecule has 2 aromatic rings. The molecule has 0 aromatic heterocycles. The van der Waals surface area contributed by atoms with Crippen LogP contribution in [0.5, 0.6) is 5.75 Å². The number of hydrogen-bond acceptors (Lipinski definition) is 3. The molecule has 1 heterocycles. The second-order valence-corrected chi connectivity index (χ2v) is 9.43. The lowest BCUT2D eigenvalue weighted by atomic mass is 9.58. The van der Waals surface area contributed by atoms with Crippen LogP contribution in [0.3, 0.4) is 0 Å². The van der Waals surface area contributed by atoms with E-state index in [0.29, 0.717) is 24.4 Å². The number of fused-ring (bicyclic) bond motifs is 1. The van der Waals surface area contributed by atoms with Crippen LogP contribution >= 0.6 is 0 Å². The van der Waals surface area contributed by atoms with Gasteiger partial charge in [0, 0.05) is 29.5 Å². The summed E-state index contributed by atoms with van der Waals surface area (Å²) in [6.07, 6.45) is 5.28. The molecule has 1 amide bonds. The third-order valence-electron chi connectivity index (χ3n) is 6.86. The summed E-state index contributed by atoms with van der Waals surface area (Å²) in [6.45, 7) is 7.88. The maximum atomic E-state index is 13.2. The van der Waals surface area contributed by atoms with Gasteiger partial charge >= 0.3 is 5.97 Å². The number of rotatable bonds is 4. The summed E-state index contributed by atoms with van der Waals surface area (Å²) in [4.78, 5) is 26.3. The molecular formula is C27H29NO4. The minimum Gasteiger partial charge on any atom is -0.497 e. The van der Waals surface area contributed by atoms with E-state index in [4.69, 9.17) is 4.74 Å². The van der Waals surface area contributed by atoms with Crippen LogP contribution in [-0.2, 0) is 0 Å². The number of carboxylic acid groups (broad SMARTS) is 1. The quantitative estimate of drug-likeness (QED) is 0.668. The standard InChI is InChI=1S/C27H29NO4/c1-26(2)22(18-8-10-19(11-9-18)25(30)31)12-14-27(3)17-28(15-13-23(26)27)24(29)20-6-5-7-21(16-20)32-4/h5-13,16H,14-15,17H2,1-4H3,(H,30,31)/t27-/m1/s1. The van der Waals surface area contributed by atoms with Crippen LogP contribution in [0.2, 0.25) is 0 Å². The molecule has 4 rings (SSSR count). The highest BCUT2D eigenvalue weighted by atomic mass is 16.5. The van der Waals surface area contributed by atoms with Gasteiger partial charge in [0.2, 0.25) is 0 Å². The van der Waals surface area contributed by atoms with Crippen molar-refractivity contribution in [3.63, 3.8) is 0 Å². The number of nitrogens with zero attached hydrogens (tertiary/aromatic N) is 1. The summed E-state index contributed by atoms with van der Waals surface area (Å²) in [5.41, 5.74) is 4.12. The van der Waals surface area contributed by atoms with Gasteiger partial charge < -0.3 is 14.7 Å². The molecule has 0 saturated heterocycles. The van der Waals surface area contributed by atoms with E-state index in [1.807, 2.05) is 35.2 Å². The largest absolute Gasteiger partial charge is 0.497 e. The molecule has 0 spiro atoms. The fourth-order valence-electron chi connectivity index (χ4n) is 5.29. The Labute approximate surface area is 189 Å². The number of benzene rings is 2. The summed E-state index contributed by atoms with van der Waals surface area (Å²) in [5, 5.41) is 9.20. The lowest BCUT2D eigenvalue weighted by Gasteiger charge is -2.50. The Kier molecular flexibility index (Phi) is 5.45. The van der Waals surface area contributed by atoms with E-state index in [2.05, 4.69) is 32.9 Å². The highest BCUT2D eigenvalue weighted by molar-refractivity contribution is 5.95. The summed E-state index contributed by atoms with van der Waals surface area (Å²) in [6, 6.07) is 14.4. The van der Waals surface area contributed by atoms with Crippen molar-refractivity contribution in [2.24, 2.45) is 10.8 Å². The highest BCUT2D eigenvalue weighted by Gasteiger charge is 2.46. The predicted octanol–water partition coefficient (Wildman–Crippen LogP) is 5.30. The Balaban J connectivity index is 1.62. The monoisotopic (exact) mass is 431 g/mol. The first-order valence-corrected chi connectivity index (χ1v) is 10.8. The smallest absolute Gasteiger partial charge is 0.335 e. The Hall–Kier alpha value is -3.34. The second kappa shape index (κ2) is 7.97. The van der Waals surface area contributed by atoms with Gasteiger partial charge in [0.25, 0.3) is 5.91 Å². The molecule has 166 valence electrons. The van der Waals surface area contributed by atoms with Gasteiger partial charge in [0.15, 0.2) is 0 Å². The van der Waals surface area contributed by atoms with Crippen LogP contribution in [0.4, 0.5) is 0 Å². The predicted molar refractivity (Wildman–Crippen MR) is 125 cm³/mol. The minimum absolute atomic E-state index is 0.0114. The van der Waals surface area contributed by atoms with Crippen molar-refractivity contribution in [2.75, 3.05) is 20.2 Å². The number of carbonyl (C=O) groups is 2. The third-order valence-corrected chi connectivity index (χ3v) is 6.86. The third kappa shape index (κ3) is 3.72. The molecule has 5 nitrogen and oxygen atoms in total. The fourth-order valence-corrected chi connectivity index (χ4v) is 5.29. The normalized spacial score (nSPS) is 21.8. The van der Waals surface area contributed by atoms with Gasteiger partial charge in [-0.25, -0.2) is 4.79 Å². The van der Waals surface area contributed by atoms with Crippen LogP contribution in [0.25, 0.3) is 5.57 Å². The van der Waals surface area contributed by atoms with Crippen LogP contribution in [0.15, 0.2) is 66.3 Å². The fraction of sp³-hybridized carbons (Fsp3) is 0.333. The van der Waals surface area contributed by atoms with Crippen molar-refractivity contribution in [3.05, 3.63) is 82.9 Å². The molecule has 5 heteroatoms. The molecule has 0 saturated carbocycles. The summed E-state index contributed by atoms with van der Waals surface area (Å²) < 4.78 is 5.28. The molecule has 2 aromatic carbocycles. The number of hydrogen-bond donors (Lipinski definition) is 1. The van der Waals surface area contributed by atoms with Gasteiger partial charge in [-0.3, -0.25) is 4.79 Å². The van der Waals surface area contributed by atoms with Crippen molar-refractivity contribution >= 4 is 17.4 Å². The Bertz CT molecular complexity index is 1130. The molecule has 1 aliphatic heterocycles. The number of amides is 1. The zero-order chi connectivity index (χ0) is 23.1. The first-order valence-electron chi connectivity index (χ1n) is 10.8. The van der Waals surface area contributed by atoms with E-state index >= 15 is 0 Å². The number of carboxylic acids is 1. The summed E-state index contributed by atoms with van der Waals surface area (Å²) in [5.74, 6) is -0.232. The summed E-state index contributed by atoms with van der Waals surface area (Å²) in [7, 11) is 1.60. The second-order valence-electron chi connectivity index (χ2n) is 9.43. The number of aromatic carboxylic acids is 1. The average Bonchev–Trinajstić information content (AvgIpc) is 2.78. The first kappa shape index (κ1) is 21.9. The number of carbonyl (C=O) groups excluding carboxylic acids is 1. The number of ether oxygens (including phenoxy) is 1. The highest BCUT2D eigenvalue weighted by Crippen LogP contribution is 2.55. The van der Waals surface area contributed by atoms with Crippen molar-refractivity contribution in [1.29, 1.82) is 0 Å². The topological polar surface area (TPSA) is 66.8 Å². The van der Waals surface area contributed by atoms with Gasteiger partial charge in [0.1, 0.15) is 5.75 Å². The molecule has 0 unspecified atom stereocenters. The lowest BCUT2D eigenvalue weighted by Crippen LogP contribution is -2.48. The number of allylic oxidation sites excluding steroid dienone is 2. The molecular weight excluding hydrogens is 402 g/mol. The van der Waals surface area contributed by atoms with E-state index in [-0.39, 0.29) is 22.3 Å². The lowest BCUT2D eigenvalue weighted by molar-refractivity contribution is 0.0678. The zero-order valence-corrected chi connectivity index (χ0v) is 19.0. The van der Waals surface area contributed by atoms with E-state index in [0.717, 1.165) is 12.0 Å². The van der Waals surface area contributed by atoms with Gasteiger partial charge in [-0.1, -0.05) is 56.7 Å². The zero-order valence-electron chi connectivity index (χ0n) is 19.0. The summed E-state index contributed by atoms with van der Waals surface area (Å²) >= 11 is 0. The van der Waals surface area contributed by atoms with E-state index in [1.54, 1.807) is 25.3 Å². The van der Waals surface area contributed by atoms with Crippen molar-refractivity contribution in [1.82, 2.24) is 4.90 Å². The molecule has 1 aliphatic carbocycles. The minimum atomic E-state index is -0.920. The Morgan fingerprint density at radius 1 is 1.00 bits per heavy atom. The van der Waals surface area contributed by atoms with Crippen LogP contribution in [0.1, 0.15) is 53.5 Å². The van der Waals surface area contributed by atoms with Crippen LogP contribution in [-0.4, -0.2) is 42.1 Å². The van der Waals surface area contributed by atoms with Gasteiger partial charge in [0.05, 0.1) is 12.7 Å². The van der Waals surface area contributed by atoms with Crippen molar-refractivity contribution in [2.45, 2.75) is 27.2 Å². The Morgan fingerprint density at radius 3 is 2.38 bits per heavy atom. The Morgan fingerprint density at radius 2 is 1.72 bits per heavy atom. The van der Waals surface area contributed by atoms with Crippen LogP contribution in [0, 0.1) is 10.8 Å².